The minimum Gasteiger partial charge on any atom is -0.386 e. The summed E-state index contributed by atoms with van der Waals surface area (Å²) in [6.45, 7) is 9.94. The molecule has 0 aliphatic heterocycles. The van der Waals surface area contributed by atoms with Gasteiger partial charge in [-0.05, 0) is 68.9 Å². The standard InChI is InChI=1S/C20H30O3/c1-13-7-6-9-20(5,23)10-8-15-16(19(15,3)4)12-14(2)18(22)17(21)11-13/h6,9,11-12,15-17,21,23H,7-8,10H2,1-5H3/b9-6+,13-11?,14-12+/t15-,16-,17+,20?/m1/s1. The second-order valence-corrected chi connectivity index (χ2v) is 8.13. The average molecular weight is 318 g/mol. The summed E-state index contributed by atoms with van der Waals surface area (Å²) >= 11 is 0. The van der Waals surface area contributed by atoms with Gasteiger partial charge >= 0.3 is 0 Å². The van der Waals surface area contributed by atoms with Crippen molar-refractivity contribution in [1.29, 1.82) is 0 Å². The number of allylic oxidation sites excluding steroid dienone is 3. The largest absolute Gasteiger partial charge is 0.386 e. The van der Waals surface area contributed by atoms with Crippen LogP contribution in [0.15, 0.2) is 35.5 Å². The SMILES string of the molecule is CC1=C[C@H](O)C(=O)/C(C)=C/[C@@H]2[C@@H](CCC(C)(O)/C=C/C1)C2(C)C. The van der Waals surface area contributed by atoms with E-state index in [-0.39, 0.29) is 11.2 Å². The van der Waals surface area contributed by atoms with Crippen LogP contribution < -0.4 is 0 Å². The molecule has 0 bridgehead atoms. The highest BCUT2D eigenvalue weighted by atomic mass is 16.3. The maximum Gasteiger partial charge on any atom is 0.190 e. The number of carbonyl (C=O) groups excluding carboxylic acids is 1. The third kappa shape index (κ3) is 4.21. The summed E-state index contributed by atoms with van der Waals surface area (Å²) in [4.78, 5) is 12.3. The van der Waals surface area contributed by atoms with E-state index >= 15 is 0 Å². The predicted octanol–water partition coefficient (Wildman–Crippen LogP) is 3.57. The first-order valence-electron chi connectivity index (χ1n) is 8.52. The van der Waals surface area contributed by atoms with Crippen molar-refractivity contribution in [2.45, 2.75) is 65.6 Å². The van der Waals surface area contributed by atoms with Crippen LogP contribution in [-0.4, -0.2) is 27.7 Å². The number of Topliss-reactive ketones (excluding diaryl/α,β-unsaturated/α-hetero) is 1. The van der Waals surface area contributed by atoms with Crippen LogP contribution in [0.4, 0.5) is 0 Å². The number of aliphatic hydroxyl groups is 2. The molecular formula is C20H30O3. The molecule has 0 heterocycles. The molecule has 2 rings (SSSR count). The summed E-state index contributed by atoms with van der Waals surface area (Å²) in [5, 5.41) is 20.6. The molecule has 0 radical (unpaired) electrons. The third-order valence-electron chi connectivity index (χ3n) is 5.55. The Labute approximate surface area is 139 Å². The summed E-state index contributed by atoms with van der Waals surface area (Å²) in [6.07, 6.45) is 8.60. The number of aliphatic hydroxyl groups excluding tert-OH is 1. The molecule has 4 atom stereocenters. The quantitative estimate of drug-likeness (QED) is 0.671. The van der Waals surface area contributed by atoms with E-state index in [1.165, 1.54) is 0 Å². The Balaban J connectivity index is 2.30. The van der Waals surface area contributed by atoms with Gasteiger partial charge in [0.05, 0.1) is 5.60 Å². The minimum absolute atomic E-state index is 0.151. The van der Waals surface area contributed by atoms with Crippen molar-refractivity contribution in [1.82, 2.24) is 0 Å². The Bertz CT molecular complexity index is 563. The highest BCUT2D eigenvalue weighted by Gasteiger charge is 2.55. The lowest BCUT2D eigenvalue weighted by Crippen LogP contribution is -2.21. The number of hydrogen-bond donors (Lipinski definition) is 2. The van der Waals surface area contributed by atoms with Crippen molar-refractivity contribution in [3.05, 3.63) is 35.5 Å². The molecule has 23 heavy (non-hydrogen) atoms. The minimum atomic E-state index is -1.08. The van der Waals surface area contributed by atoms with E-state index in [0.717, 1.165) is 18.4 Å². The van der Waals surface area contributed by atoms with Gasteiger partial charge in [0.2, 0.25) is 0 Å². The van der Waals surface area contributed by atoms with E-state index in [9.17, 15) is 15.0 Å². The second kappa shape index (κ2) is 6.37. The third-order valence-corrected chi connectivity index (χ3v) is 5.55. The second-order valence-electron chi connectivity index (χ2n) is 8.13. The first-order chi connectivity index (χ1) is 10.5. The predicted molar refractivity (Wildman–Crippen MR) is 92.9 cm³/mol. The Kier molecular flexibility index (Phi) is 5.03. The topological polar surface area (TPSA) is 57.5 Å². The van der Waals surface area contributed by atoms with Crippen LogP contribution in [0.25, 0.3) is 0 Å². The molecule has 3 heteroatoms. The van der Waals surface area contributed by atoms with Crippen molar-refractivity contribution in [2.24, 2.45) is 17.3 Å². The fraction of sp³-hybridized carbons (Fsp3) is 0.650. The van der Waals surface area contributed by atoms with Gasteiger partial charge in [-0.1, -0.05) is 37.6 Å². The van der Waals surface area contributed by atoms with Crippen LogP contribution in [0.3, 0.4) is 0 Å². The number of rotatable bonds is 0. The van der Waals surface area contributed by atoms with Gasteiger partial charge in [0.1, 0.15) is 6.10 Å². The zero-order valence-corrected chi connectivity index (χ0v) is 15.0. The zero-order chi connectivity index (χ0) is 17.4. The molecule has 0 saturated heterocycles. The molecule has 1 saturated carbocycles. The van der Waals surface area contributed by atoms with Crippen LogP contribution in [0, 0.1) is 17.3 Å². The molecule has 2 N–H and O–H groups in total. The van der Waals surface area contributed by atoms with Crippen molar-refractivity contribution in [3.63, 3.8) is 0 Å². The monoisotopic (exact) mass is 318 g/mol. The Morgan fingerprint density at radius 3 is 2.48 bits per heavy atom. The Morgan fingerprint density at radius 2 is 1.83 bits per heavy atom. The summed E-state index contributed by atoms with van der Waals surface area (Å²) in [5.41, 5.74) is 0.910. The van der Waals surface area contributed by atoms with E-state index in [4.69, 9.17) is 0 Å². The van der Waals surface area contributed by atoms with Crippen molar-refractivity contribution in [2.75, 3.05) is 0 Å². The van der Waals surface area contributed by atoms with E-state index < -0.39 is 11.7 Å². The summed E-state index contributed by atoms with van der Waals surface area (Å²) in [6, 6.07) is 0. The van der Waals surface area contributed by atoms with E-state index in [0.29, 0.717) is 23.8 Å². The van der Waals surface area contributed by atoms with Gasteiger partial charge in [0.15, 0.2) is 5.78 Å². The molecule has 0 spiro atoms. The molecule has 1 fully saturated rings. The fourth-order valence-corrected chi connectivity index (χ4v) is 3.70. The smallest absolute Gasteiger partial charge is 0.190 e. The van der Waals surface area contributed by atoms with E-state index in [1.54, 1.807) is 13.0 Å². The van der Waals surface area contributed by atoms with Gasteiger partial charge in [-0.15, -0.1) is 0 Å². The Hall–Kier alpha value is -1.19. The van der Waals surface area contributed by atoms with E-state index in [1.807, 2.05) is 32.1 Å². The van der Waals surface area contributed by atoms with Crippen LogP contribution in [0.1, 0.15) is 53.9 Å². The van der Waals surface area contributed by atoms with Gasteiger partial charge in [0.25, 0.3) is 0 Å². The number of hydrogen-bond acceptors (Lipinski definition) is 3. The molecule has 2 aliphatic carbocycles. The van der Waals surface area contributed by atoms with Crippen molar-refractivity contribution in [3.8, 4) is 0 Å². The zero-order valence-electron chi connectivity index (χ0n) is 15.0. The highest BCUT2D eigenvalue weighted by Crippen LogP contribution is 2.61. The maximum absolute atomic E-state index is 12.3. The van der Waals surface area contributed by atoms with Crippen molar-refractivity contribution >= 4 is 5.78 Å². The molecular weight excluding hydrogens is 288 g/mol. The van der Waals surface area contributed by atoms with Gasteiger partial charge < -0.3 is 10.2 Å². The number of fused-ring (bicyclic) bond motifs is 1. The normalized spacial score (nSPS) is 41.9. The lowest BCUT2D eigenvalue weighted by atomic mass is 9.94. The molecule has 0 amide bonds. The highest BCUT2D eigenvalue weighted by molar-refractivity contribution is 5.99. The van der Waals surface area contributed by atoms with Crippen LogP contribution >= 0.6 is 0 Å². The van der Waals surface area contributed by atoms with Crippen LogP contribution in [0.5, 0.6) is 0 Å². The average Bonchev–Trinajstić information content (AvgIpc) is 2.94. The lowest BCUT2D eigenvalue weighted by Gasteiger charge is -2.19. The maximum atomic E-state index is 12.3. The van der Waals surface area contributed by atoms with Crippen LogP contribution in [0.2, 0.25) is 0 Å². The lowest BCUT2D eigenvalue weighted by molar-refractivity contribution is -0.121. The Morgan fingerprint density at radius 1 is 1.17 bits per heavy atom. The molecule has 0 aromatic heterocycles. The molecule has 0 aromatic rings. The number of carbonyl (C=O) groups is 1. The van der Waals surface area contributed by atoms with Crippen LogP contribution in [-0.2, 0) is 4.79 Å². The van der Waals surface area contributed by atoms with E-state index in [2.05, 4.69) is 13.8 Å². The van der Waals surface area contributed by atoms with Gasteiger partial charge in [0, 0.05) is 0 Å². The van der Waals surface area contributed by atoms with Gasteiger partial charge in [-0.3, -0.25) is 4.79 Å². The molecule has 128 valence electrons. The summed E-state index contributed by atoms with van der Waals surface area (Å²) in [7, 11) is 0. The summed E-state index contributed by atoms with van der Waals surface area (Å²) < 4.78 is 0. The molecule has 0 aromatic carbocycles. The van der Waals surface area contributed by atoms with Gasteiger partial charge in [-0.25, -0.2) is 0 Å². The first kappa shape index (κ1) is 18.2. The summed E-state index contributed by atoms with van der Waals surface area (Å²) in [5.74, 6) is 0.604. The first-order valence-corrected chi connectivity index (χ1v) is 8.52. The molecule has 2 aliphatic rings. The molecule has 3 nitrogen and oxygen atoms in total. The molecule has 1 unspecified atom stereocenters. The van der Waals surface area contributed by atoms with Crippen molar-refractivity contribution < 1.29 is 15.0 Å². The fourth-order valence-electron chi connectivity index (χ4n) is 3.70. The number of ketones is 1. The van der Waals surface area contributed by atoms with Gasteiger partial charge in [-0.2, -0.15) is 0 Å².